The number of piperidine rings is 1. The largest absolute Gasteiger partial charge is 0.358 e. The molecule has 0 aromatic carbocycles. The second-order valence-corrected chi connectivity index (χ2v) is 5.51. The number of hydrogen-bond donors (Lipinski definition) is 0. The summed E-state index contributed by atoms with van der Waals surface area (Å²) < 4.78 is 1.34. The quantitative estimate of drug-likeness (QED) is 0.487. The highest BCUT2D eigenvalue weighted by atomic mass is 35.5. The number of amides is 1. The van der Waals surface area contributed by atoms with Crippen LogP contribution in [0.5, 0.6) is 0 Å². The van der Waals surface area contributed by atoms with E-state index in [1.165, 1.54) is 16.7 Å². The molecule has 1 fully saturated rings. The maximum absolute atomic E-state index is 12.5. The molecule has 0 N–H and O–H groups in total. The van der Waals surface area contributed by atoms with E-state index in [0.29, 0.717) is 30.6 Å². The van der Waals surface area contributed by atoms with Gasteiger partial charge in [0.2, 0.25) is 0 Å². The average Bonchev–Trinajstić information content (AvgIpc) is 2.80. The van der Waals surface area contributed by atoms with Gasteiger partial charge in [0.15, 0.2) is 5.69 Å². The van der Waals surface area contributed by atoms with Crippen molar-refractivity contribution >= 4 is 23.3 Å². The highest BCUT2D eigenvalue weighted by Crippen LogP contribution is 2.23. The smallest absolute Gasteiger partial charge is 0.323 e. The second kappa shape index (κ2) is 6.26. The zero-order valence-corrected chi connectivity index (χ0v) is 12.2. The van der Waals surface area contributed by atoms with E-state index in [0.717, 1.165) is 19.3 Å². The summed E-state index contributed by atoms with van der Waals surface area (Å²) in [4.78, 5) is 24.6. The molecule has 1 aromatic heterocycles. The minimum atomic E-state index is -0.483. The number of nitro groups is 1. The lowest BCUT2D eigenvalue weighted by atomic mass is 9.95. The van der Waals surface area contributed by atoms with Crippen molar-refractivity contribution in [3.63, 3.8) is 0 Å². The van der Waals surface area contributed by atoms with Crippen LogP contribution in [0.4, 0.5) is 5.82 Å². The molecule has 1 unspecified atom stereocenters. The van der Waals surface area contributed by atoms with Gasteiger partial charge in [0.25, 0.3) is 5.91 Å². The van der Waals surface area contributed by atoms with Crippen LogP contribution in [-0.4, -0.2) is 39.3 Å². The van der Waals surface area contributed by atoms with E-state index in [-0.39, 0.29) is 11.7 Å². The van der Waals surface area contributed by atoms with Gasteiger partial charge in [-0.05, 0) is 36.2 Å². The lowest BCUT2D eigenvalue weighted by Crippen LogP contribution is -2.40. The third kappa shape index (κ3) is 2.95. The number of carbonyl (C=O) groups excluding carboxylic acids is 1. The van der Waals surface area contributed by atoms with E-state index in [1.54, 1.807) is 11.9 Å². The van der Waals surface area contributed by atoms with Crippen molar-refractivity contribution in [1.29, 1.82) is 0 Å². The summed E-state index contributed by atoms with van der Waals surface area (Å²) >= 11 is 5.76. The van der Waals surface area contributed by atoms with E-state index in [9.17, 15) is 14.9 Å². The van der Waals surface area contributed by atoms with Gasteiger partial charge in [0.05, 0.1) is 7.05 Å². The zero-order chi connectivity index (χ0) is 14.7. The Morgan fingerprint density at radius 2 is 2.30 bits per heavy atom. The number of likely N-dealkylation sites (tertiary alicyclic amines) is 1. The van der Waals surface area contributed by atoms with Gasteiger partial charge < -0.3 is 15.0 Å². The number of rotatable bonds is 4. The van der Waals surface area contributed by atoms with E-state index >= 15 is 0 Å². The van der Waals surface area contributed by atoms with Gasteiger partial charge >= 0.3 is 5.82 Å². The van der Waals surface area contributed by atoms with Crippen LogP contribution in [-0.2, 0) is 7.05 Å². The minimum Gasteiger partial charge on any atom is -0.358 e. The standard InChI is InChI=1S/C13H18ClN3O3/c1-15-11(4-5-12(15)17(19)20)13(18)16-8-2-3-10(9-16)6-7-14/h4-5,10H,2-3,6-9H2,1H3. The van der Waals surface area contributed by atoms with E-state index in [2.05, 4.69) is 0 Å². The Labute approximate surface area is 122 Å². The van der Waals surface area contributed by atoms with E-state index in [4.69, 9.17) is 11.6 Å². The summed E-state index contributed by atoms with van der Waals surface area (Å²) in [5.74, 6) is 0.825. The number of hydrogen-bond acceptors (Lipinski definition) is 3. The van der Waals surface area contributed by atoms with Gasteiger partial charge in [-0.2, -0.15) is 0 Å². The molecule has 20 heavy (non-hydrogen) atoms. The molecule has 1 amide bonds. The van der Waals surface area contributed by atoms with Crippen molar-refractivity contribution in [3.8, 4) is 0 Å². The predicted octanol–water partition coefficient (Wildman–Crippen LogP) is 2.41. The summed E-state index contributed by atoms with van der Waals surface area (Å²) in [5, 5.41) is 10.8. The summed E-state index contributed by atoms with van der Waals surface area (Å²) in [5.41, 5.74) is 0.364. The lowest BCUT2D eigenvalue weighted by Gasteiger charge is -2.32. The molecule has 7 heteroatoms. The number of aromatic nitrogens is 1. The van der Waals surface area contributed by atoms with Gasteiger partial charge in [-0.25, -0.2) is 4.57 Å². The van der Waals surface area contributed by atoms with Crippen LogP contribution in [0.2, 0.25) is 0 Å². The van der Waals surface area contributed by atoms with Crippen LogP contribution in [0.25, 0.3) is 0 Å². The predicted molar refractivity (Wildman–Crippen MR) is 76.0 cm³/mol. The molecule has 2 heterocycles. The Bertz CT molecular complexity index is 513. The highest BCUT2D eigenvalue weighted by Gasteiger charge is 2.28. The van der Waals surface area contributed by atoms with Crippen LogP contribution < -0.4 is 0 Å². The Kier molecular flexibility index (Phi) is 4.65. The fourth-order valence-electron chi connectivity index (χ4n) is 2.70. The maximum atomic E-state index is 12.5. The molecule has 0 bridgehead atoms. The Hall–Kier alpha value is -1.56. The summed E-state index contributed by atoms with van der Waals surface area (Å²) in [6.07, 6.45) is 2.95. The SMILES string of the molecule is Cn1c(C(=O)N2CCCC(CCCl)C2)ccc1[N+](=O)[O-]. The van der Waals surface area contributed by atoms with Crippen LogP contribution >= 0.6 is 11.6 Å². The fourth-order valence-corrected chi connectivity index (χ4v) is 3.01. The molecule has 1 aliphatic rings. The molecule has 0 saturated carbocycles. The molecule has 0 radical (unpaired) electrons. The Balaban J connectivity index is 2.13. The molecule has 0 aliphatic carbocycles. The van der Waals surface area contributed by atoms with E-state index < -0.39 is 4.92 Å². The molecule has 0 spiro atoms. The van der Waals surface area contributed by atoms with Gasteiger partial charge in [-0.1, -0.05) is 0 Å². The van der Waals surface area contributed by atoms with Crippen molar-refractivity contribution < 1.29 is 9.72 Å². The molecular formula is C13H18ClN3O3. The van der Waals surface area contributed by atoms with Gasteiger partial charge in [-0.3, -0.25) is 4.79 Å². The third-order valence-corrected chi connectivity index (χ3v) is 4.04. The molecule has 1 aliphatic heterocycles. The minimum absolute atomic E-state index is 0.0670. The van der Waals surface area contributed by atoms with Crippen LogP contribution in [0.3, 0.4) is 0 Å². The van der Waals surface area contributed by atoms with Gasteiger partial charge in [0, 0.05) is 25.0 Å². The number of nitrogens with zero attached hydrogens (tertiary/aromatic N) is 3. The summed E-state index contributed by atoms with van der Waals surface area (Å²) in [7, 11) is 1.55. The number of halogens is 1. The fraction of sp³-hybridized carbons (Fsp3) is 0.615. The normalized spacial score (nSPS) is 19.1. The van der Waals surface area contributed by atoms with Crippen molar-refractivity contribution in [2.45, 2.75) is 19.3 Å². The molecule has 1 atom stereocenters. The highest BCUT2D eigenvalue weighted by molar-refractivity contribution is 6.17. The molecular weight excluding hydrogens is 282 g/mol. The Morgan fingerprint density at radius 1 is 1.55 bits per heavy atom. The zero-order valence-electron chi connectivity index (χ0n) is 11.4. The van der Waals surface area contributed by atoms with Crippen LogP contribution in [0.1, 0.15) is 29.8 Å². The molecule has 6 nitrogen and oxygen atoms in total. The van der Waals surface area contributed by atoms with Crippen LogP contribution in [0, 0.1) is 16.0 Å². The number of alkyl halides is 1. The topological polar surface area (TPSA) is 68.4 Å². The van der Waals surface area contributed by atoms with Gasteiger partial charge in [0.1, 0.15) is 0 Å². The summed E-state index contributed by atoms with van der Waals surface area (Å²) in [6, 6.07) is 2.89. The lowest BCUT2D eigenvalue weighted by molar-refractivity contribution is -0.391. The molecule has 1 aromatic rings. The number of carbonyl (C=O) groups is 1. The first-order valence-electron chi connectivity index (χ1n) is 6.70. The first-order chi connectivity index (χ1) is 9.54. The monoisotopic (exact) mass is 299 g/mol. The maximum Gasteiger partial charge on any atom is 0.323 e. The third-order valence-electron chi connectivity index (χ3n) is 3.83. The first-order valence-corrected chi connectivity index (χ1v) is 7.23. The molecule has 110 valence electrons. The first kappa shape index (κ1) is 14.8. The average molecular weight is 300 g/mol. The van der Waals surface area contributed by atoms with Crippen molar-refractivity contribution in [2.24, 2.45) is 13.0 Å². The molecule has 1 saturated heterocycles. The van der Waals surface area contributed by atoms with Crippen molar-refractivity contribution in [2.75, 3.05) is 19.0 Å². The van der Waals surface area contributed by atoms with E-state index in [1.807, 2.05) is 0 Å². The summed E-state index contributed by atoms with van der Waals surface area (Å²) in [6.45, 7) is 1.39. The van der Waals surface area contributed by atoms with Crippen LogP contribution in [0.15, 0.2) is 12.1 Å². The Morgan fingerprint density at radius 3 is 2.90 bits per heavy atom. The van der Waals surface area contributed by atoms with Crippen molar-refractivity contribution in [1.82, 2.24) is 9.47 Å². The van der Waals surface area contributed by atoms with Gasteiger partial charge in [-0.15, -0.1) is 11.6 Å². The molecule has 2 rings (SSSR count). The second-order valence-electron chi connectivity index (χ2n) is 5.13. The van der Waals surface area contributed by atoms with Crippen molar-refractivity contribution in [3.05, 3.63) is 27.9 Å².